The number of carbonyl (C=O) groups excluding carboxylic acids is 1. The second-order valence-electron chi connectivity index (χ2n) is 4.96. The number of nitrogens with zero attached hydrogens (tertiary/aromatic N) is 2. The predicted octanol–water partition coefficient (Wildman–Crippen LogP) is 3.20. The number of fused-ring (bicyclic) bond motifs is 1. The van der Waals surface area contributed by atoms with Crippen LogP contribution in [0.3, 0.4) is 0 Å². The fourth-order valence-corrected chi connectivity index (χ4v) is 2.31. The van der Waals surface area contributed by atoms with Gasteiger partial charge in [0.2, 0.25) is 0 Å². The Bertz CT molecular complexity index is 867. The maximum atomic E-state index is 12.6. The zero-order chi connectivity index (χ0) is 16.6. The molecule has 118 valence electrons. The first-order chi connectivity index (χ1) is 10.9. The Morgan fingerprint density at radius 1 is 1.17 bits per heavy atom. The highest BCUT2D eigenvalue weighted by Gasteiger charge is 2.30. The lowest BCUT2D eigenvalue weighted by Crippen LogP contribution is -2.05. The number of Topliss-reactive ketones (excluding diaryl/α,β-unsaturated/α-hetero) is 1. The van der Waals surface area contributed by atoms with E-state index in [1.165, 1.54) is 28.9 Å². The Kier molecular flexibility index (Phi) is 3.65. The molecule has 3 aromatic rings. The number of halogens is 3. The molecule has 0 amide bonds. The van der Waals surface area contributed by atoms with Crippen LogP contribution in [0, 0.1) is 0 Å². The number of benzene rings is 1. The number of hydrogen-bond donors (Lipinski definition) is 1. The fourth-order valence-electron chi connectivity index (χ4n) is 2.31. The van der Waals surface area contributed by atoms with Crippen molar-refractivity contribution in [1.82, 2.24) is 9.61 Å². The maximum absolute atomic E-state index is 12.6. The topological polar surface area (TPSA) is 54.6 Å². The molecule has 0 fully saturated rings. The molecule has 0 atom stereocenters. The molecule has 1 aromatic carbocycles. The highest BCUT2D eigenvalue weighted by Crippen LogP contribution is 2.32. The summed E-state index contributed by atoms with van der Waals surface area (Å²) >= 11 is 0. The van der Waals surface area contributed by atoms with Crippen LogP contribution in [0.15, 0.2) is 48.8 Å². The molecule has 23 heavy (non-hydrogen) atoms. The van der Waals surface area contributed by atoms with Crippen LogP contribution in [0.5, 0.6) is 0 Å². The summed E-state index contributed by atoms with van der Waals surface area (Å²) in [6.07, 6.45) is -1.31. The zero-order valence-corrected chi connectivity index (χ0v) is 11.7. The minimum Gasteiger partial charge on any atom is -0.388 e. The van der Waals surface area contributed by atoms with Crippen molar-refractivity contribution < 1.29 is 23.1 Å². The van der Waals surface area contributed by atoms with Gasteiger partial charge in [-0.1, -0.05) is 12.1 Å². The van der Waals surface area contributed by atoms with E-state index in [9.17, 15) is 18.0 Å². The molecule has 0 saturated carbocycles. The monoisotopic (exact) mass is 320 g/mol. The van der Waals surface area contributed by atoms with Gasteiger partial charge in [-0.15, -0.1) is 0 Å². The maximum Gasteiger partial charge on any atom is 0.416 e. The molecule has 2 aromatic heterocycles. The van der Waals surface area contributed by atoms with E-state index in [1.807, 2.05) is 0 Å². The number of aliphatic hydroxyl groups is 1. The van der Waals surface area contributed by atoms with Crippen LogP contribution < -0.4 is 0 Å². The molecular formula is C16H11F3N2O2. The summed E-state index contributed by atoms with van der Waals surface area (Å²) in [6.45, 7) is -0.611. The van der Waals surface area contributed by atoms with Crippen LogP contribution in [0.25, 0.3) is 16.6 Å². The minimum absolute atomic E-state index is 0.314. The Morgan fingerprint density at radius 3 is 2.48 bits per heavy atom. The third-order valence-electron chi connectivity index (χ3n) is 3.51. The van der Waals surface area contributed by atoms with Gasteiger partial charge in [-0.3, -0.25) is 4.79 Å². The van der Waals surface area contributed by atoms with Gasteiger partial charge < -0.3 is 5.11 Å². The molecule has 7 heteroatoms. The second-order valence-corrected chi connectivity index (χ2v) is 4.96. The first-order valence-corrected chi connectivity index (χ1v) is 6.69. The molecule has 4 nitrogen and oxygen atoms in total. The highest BCUT2D eigenvalue weighted by molar-refractivity contribution is 5.98. The van der Waals surface area contributed by atoms with Crippen LogP contribution in [0.4, 0.5) is 13.2 Å². The van der Waals surface area contributed by atoms with E-state index < -0.39 is 24.1 Å². The normalized spacial score (nSPS) is 11.8. The molecule has 2 heterocycles. The van der Waals surface area contributed by atoms with E-state index in [0.29, 0.717) is 22.2 Å². The number of carbonyl (C=O) groups is 1. The first kappa shape index (κ1) is 15.2. The molecule has 0 spiro atoms. The molecule has 0 aliphatic rings. The molecule has 0 radical (unpaired) electrons. The van der Waals surface area contributed by atoms with Crippen molar-refractivity contribution in [3.63, 3.8) is 0 Å². The SMILES string of the molecule is O=C(CO)c1ccn2ncc(-c3ccc(C(F)(F)F)cc3)c2c1. The number of ketones is 1. The van der Waals surface area contributed by atoms with Gasteiger partial charge in [-0.05, 0) is 29.8 Å². The lowest BCUT2D eigenvalue weighted by atomic mass is 10.0. The van der Waals surface area contributed by atoms with Crippen molar-refractivity contribution in [3.8, 4) is 11.1 Å². The van der Waals surface area contributed by atoms with Crippen molar-refractivity contribution in [2.75, 3.05) is 6.61 Å². The van der Waals surface area contributed by atoms with Gasteiger partial charge in [0.25, 0.3) is 0 Å². The summed E-state index contributed by atoms with van der Waals surface area (Å²) in [4.78, 5) is 11.6. The summed E-state index contributed by atoms with van der Waals surface area (Å²) in [5.41, 5.74) is 1.32. The molecule has 0 aliphatic carbocycles. The lowest BCUT2D eigenvalue weighted by molar-refractivity contribution is -0.137. The summed E-state index contributed by atoms with van der Waals surface area (Å²) in [5, 5.41) is 13.0. The standard InChI is InChI=1S/C16H11F3N2O2/c17-16(18,19)12-3-1-10(2-4-12)13-8-20-21-6-5-11(7-14(13)21)15(23)9-22/h1-8,22H,9H2. The van der Waals surface area contributed by atoms with E-state index in [4.69, 9.17) is 5.11 Å². The molecule has 0 aliphatic heterocycles. The lowest BCUT2D eigenvalue weighted by Gasteiger charge is -2.07. The van der Waals surface area contributed by atoms with E-state index >= 15 is 0 Å². The van der Waals surface area contributed by atoms with Crippen LogP contribution in [-0.4, -0.2) is 27.1 Å². The average molecular weight is 320 g/mol. The number of aromatic nitrogens is 2. The highest BCUT2D eigenvalue weighted by atomic mass is 19.4. The number of pyridine rings is 1. The molecule has 0 unspecified atom stereocenters. The zero-order valence-electron chi connectivity index (χ0n) is 11.7. The quantitative estimate of drug-likeness (QED) is 0.754. The van der Waals surface area contributed by atoms with Crippen LogP contribution in [0.2, 0.25) is 0 Å². The number of alkyl halides is 3. The van der Waals surface area contributed by atoms with Gasteiger partial charge in [0.15, 0.2) is 5.78 Å². The minimum atomic E-state index is -4.39. The summed E-state index contributed by atoms with van der Waals surface area (Å²) in [6, 6.07) is 7.80. The Balaban J connectivity index is 2.07. The van der Waals surface area contributed by atoms with Gasteiger partial charge in [-0.2, -0.15) is 18.3 Å². The van der Waals surface area contributed by atoms with Crippen LogP contribution in [-0.2, 0) is 6.18 Å². The molecule has 0 saturated heterocycles. The van der Waals surface area contributed by atoms with Gasteiger partial charge in [0.05, 0.1) is 17.3 Å². The Labute approximate surface area is 128 Å². The van der Waals surface area contributed by atoms with Gasteiger partial charge in [0, 0.05) is 17.3 Å². The smallest absolute Gasteiger partial charge is 0.388 e. The predicted molar refractivity (Wildman–Crippen MR) is 77.0 cm³/mol. The first-order valence-electron chi connectivity index (χ1n) is 6.69. The molecule has 3 rings (SSSR count). The third kappa shape index (κ3) is 2.83. The van der Waals surface area contributed by atoms with E-state index in [-0.39, 0.29) is 0 Å². The Morgan fingerprint density at radius 2 is 1.87 bits per heavy atom. The number of hydrogen-bond acceptors (Lipinski definition) is 3. The second kappa shape index (κ2) is 5.51. The van der Waals surface area contributed by atoms with E-state index in [2.05, 4.69) is 5.10 Å². The van der Waals surface area contributed by atoms with E-state index in [0.717, 1.165) is 12.1 Å². The van der Waals surface area contributed by atoms with Crippen molar-refractivity contribution in [1.29, 1.82) is 0 Å². The number of rotatable bonds is 3. The van der Waals surface area contributed by atoms with Gasteiger partial charge >= 0.3 is 6.18 Å². The van der Waals surface area contributed by atoms with Crippen LogP contribution in [0.1, 0.15) is 15.9 Å². The van der Waals surface area contributed by atoms with Crippen molar-refractivity contribution in [2.24, 2.45) is 0 Å². The van der Waals surface area contributed by atoms with E-state index in [1.54, 1.807) is 12.3 Å². The van der Waals surface area contributed by atoms with Crippen LogP contribution >= 0.6 is 0 Å². The van der Waals surface area contributed by atoms with Crippen molar-refractivity contribution >= 4 is 11.3 Å². The largest absolute Gasteiger partial charge is 0.416 e. The molecule has 0 bridgehead atoms. The van der Waals surface area contributed by atoms with Gasteiger partial charge in [-0.25, -0.2) is 4.52 Å². The number of aliphatic hydroxyl groups excluding tert-OH is 1. The average Bonchev–Trinajstić information content (AvgIpc) is 2.96. The van der Waals surface area contributed by atoms with Gasteiger partial charge in [0.1, 0.15) is 6.61 Å². The summed E-state index contributed by atoms with van der Waals surface area (Å²) in [5.74, 6) is -0.438. The fraction of sp³-hybridized carbons (Fsp3) is 0.125. The van der Waals surface area contributed by atoms with Crippen molar-refractivity contribution in [3.05, 3.63) is 59.9 Å². The Hall–Kier alpha value is -2.67. The van der Waals surface area contributed by atoms with Crippen molar-refractivity contribution in [2.45, 2.75) is 6.18 Å². The third-order valence-corrected chi connectivity index (χ3v) is 3.51. The summed E-state index contributed by atoms with van der Waals surface area (Å²) in [7, 11) is 0. The molecule has 1 N–H and O–H groups in total. The summed E-state index contributed by atoms with van der Waals surface area (Å²) < 4.78 is 39.4. The molecular weight excluding hydrogens is 309 g/mol.